The first-order chi connectivity index (χ1) is 12.1. The van der Waals surface area contributed by atoms with Crippen molar-refractivity contribution in [2.75, 3.05) is 6.61 Å². The zero-order chi connectivity index (χ0) is 18.1. The lowest BCUT2D eigenvalue weighted by Gasteiger charge is -2.06. The Morgan fingerprint density at radius 3 is 2.92 bits per heavy atom. The Morgan fingerprint density at radius 1 is 1.40 bits per heavy atom. The van der Waals surface area contributed by atoms with Crippen LogP contribution in [-0.4, -0.2) is 22.4 Å². The average molecular weight is 341 g/mol. The van der Waals surface area contributed by atoms with Crippen molar-refractivity contribution in [1.82, 2.24) is 10.3 Å². The van der Waals surface area contributed by atoms with Crippen LogP contribution in [0.5, 0.6) is 5.75 Å². The molecule has 0 aliphatic heterocycles. The van der Waals surface area contributed by atoms with Crippen molar-refractivity contribution in [1.29, 1.82) is 0 Å². The third kappa shape index (κ3) is 5.72. The highest BCUT2D eigenvalue weighted by Crippen LogP contribution is 2.28. The molecule has 1 aromatic carbocycles. The summed E-state index contributed by atoms with van der Waals surface area (Å²) in [6, 6.07) is 8.24. The lowest BCUT2D eigenvalue weighted by molar-refractivity contribution is -0.385. The summed E-state index contributed by atoms with van der Waals surface area (Å²) in [7, 11) is 0. The lowest BCUT2D eigenvalue weighted by Crippen LogP contribution is -2.20. The monoisotopic (exact) mass is 341 g/mol. The number of amides is 1. The third-order valence-electron chi connectivity index (χ3n) is 3.26. The molecule has 1 amide bonds. The second-order valence-electron chi connectivity index (χ2n) is 5.25. The van der Waals surface area contributed by atoms with Crippen LogP contribution in [0.3, 0.4) is 0 Å². The maximum Gasteiger partial charge on any atom is 0.311 e. The molecule has 7 nitrogen and oxygen atoms in total. The smallest absolute Gasteiger partial charge is 0.311 e. The number of carbonyl (C=O) groups is 1. The minimum Gasteiger partial charge on any atom is -0.487 e. The molecule has 0 aliphatic rings. The molecule has 1 aromatic heterocycles. The van der Waals surface area contributed by atoms with Crippen molar-refractivity contribution in [3.05, 3.63) is 70.0 Å². The molecule has 0 atom stereocenters. The van der Waals surface area contributed by atoms with E-state index >= 15 is 0 Å². The molecule has 0 fully saturated rings. The van der Waals surface area contributed by atoms with E-state index in [1.165, 1.54) is 18.2 Å². The van der Waals surface area contributed by atoms with E-state index in [4.69, 9.17) is 4.74 Å². The third-order valence-corrected chi connectivity index (χ3v) is 3.26. The Hall–Kier alpha value is -3.22. The Morgan fingerprint density at radius 2 is 2.24 bits per heavy atom. The number of nitrogens with zero attached hydrogens (tertiary/aromatic N) is 2. The molecule has 130 valence electrons. The first-order valence-corrected chi connectivity index (χ1v) is 7.86. The van der Waals surface area contributed by atoms with Crippen molar-refractivity contribution >= 4 is 17.7 Å². The zero-order valence-corrected chi connectivity index (χ0v) is 13.8. The van der Waals surface area contributed by atoms with E-state index in [9.17, 15) is 14.9 Å². The quantitative estimate of drug-likeness (QED) is 0.452. The Balaban J connectivity index is 2.00. The van der Waals surface area contributed by atoms with E-state index in [1.807, 2.05) is 13.0 Å². The molecule has 0 unspecified atom stereocenters. The first-order valence-electron chi connectivity index (χ1n) is 7.86. The van der Waals surface area contributed by atoms with Gasteiger partial charge in [-0.2, -0.15) is 0 Å². The number of nitro benzene ring substituents is 1. The summed E-state index contributed by atoms with van der Waals surface area (Å²) in [6.45, 7) is 2.70. The highest BCUT2D eigenvalue weighted by Gasteiger charge is 2.15. The molecule has 0 saturated carbocycles. The number of carbonyl (C=O) groups excluding carboxylic acids is 1. The molecule has 2 rings (SSSR count). The highest BCUT2D eigenvalue weighted by atomic mass is 16.6. The largest absolute Gasteiger partial charge is 0.487 e. The molecule has 0 bridgehead atoms. The first kappa shape index (κ1) is 18.1. The van der Waals surface area contributed by atoms with Gasteiger partial charge in [0.1, 0.15) is 0 Å². The van der Waals surface area contributed by atoms with Crippen LogP contribution in [0.4, 0.5) is 5.69 Å². The standard InChI is InChI=1S/C18H19N3O4/c1-2-10-25-17-7-5-14(11-16(17)21(23)24)6-8-18(22)20-13-15-4-3-9-19-12-15/h3-9,11-12H,2,10,13H2,1H3,(H,20,22)/b8-6+. The number of rotatable bonds is 8. The summed E-state index contributed by atoms with van der Waals surface area (Å²) in [5.74, 6) is -0.0668. The van der Waals surface area contributed by atoms with E-state index < -0.39 is 4.92 Å². The maximum absolute atomic E-state index is 11.8. The van der Waals surface area contributed by atoms with Crippen LogP contribution in [-0.2, 0) is 11.3 Å². The van der Waals surface area contributed by atoms with E-state index in [0.717, 1.165) is 12.0 Å². The van der Waals surface area contributed by atoms with Crippen LogP contribution >= 0.6 is 0 Å². The molecular weight excluding hydrogens is 322 g/mol. The van der Waals surface area contributed by atoms with Gasteiger partial charge in [-0.25, -0.2) is 0 Å². The summed E-state index contributed by atoms with van der Waals surface area (Å²) in [5, 5.41) is 13.9. The molecule has 25 heavy (non-hydrogen) atoms. The van der Waals surface area contributed by atoms with Crippen LogP contribution in [0.1, 0.15) is 24.5 Å². The number of nitrogens with one attached hydrogen (secondary N) is 1. The van der Waals surface area contributed by atoms with Gasteiger partial charge in [-0.1, -0.05) is 19.1 Å². The van der Waals surface area contributed by atoms with Gasteiger partial charge >= 0.3 is 5.69 Å². The number of hydrogen-bond acceptors (Lipinski definition) is 5. The molecule has 0 saturated heterocycles. The zero-order valence-electron chi connectivity index (χ0n) is 13.8. The second kappa shape index (κ2) is 9.17. The van der Waals surface area contributed by atoms with Gasteiger partial charge < -0.3 is 10.1 Å². The van der Waals surface area contributed by atoms with Gasteiger partial charge in [-0.3, -0.25) is 19.9 Å². The summed E-state index contributed by atoms with van der Waals surface area (Å²) in [6.07, 6.45) is 6.95. The Bertz CT molecular complexity index is 760. The number of hydrogen-bond donors (Lipinski definition) is 1. The highest BCUT2D eigenvalue weighted by molar-refractivity contribution is 5.91. The predicted octanol–water partition coefficient (Wildman–Crippen LogP) is 3.11. The van der Waals surface area contributed by atoms with Gasteiger partial charge in [0, 0.05) is 31.1 Å². The maximum atomic E-state index is 11.8. The molecule has 1 heterocycles. The van der Waals surface area contributed by atoms with Crippen LogP contribution in [0.15, 0.2) is 48.8 Å². The van der Waals surface area contributed by atoms with Crippen LogP contribution in [0, 0.1) is 10.1 Å². The summed E-state index contributed by atoms with van der Waals surface area (Å²) in [5.41, 5.74) is 1.32. The number of benzene rings is 1. The Labute approximate surface area is 145 Å². The van der Waals surface area contributed by atoms with E-state index in [-0.39, 0.29) is 17.3 Å². The fourth-order valence-corrected chi connectivity index (χ4v) is 2.04. The van der Waals surface area contributed by atoms with Gasteiger partial charge in [0.2, 0.25) is 5.91 Å². The molecule has 7 heteroatoms. The minimum absolute atomic E-state index is 0.119. The second-order valence-corrected chi connectivity index (χ2v) is 5.25. The molecular formula is C18H19N3O4. The average Bonchev–Trinajstić information content (AvgIpc) is 2.64. The van der Waals surface area contributed by atoms with E-state index in [0.29, 0.717) is 18.7 Å². The Kier molecular flexibility index (Phi) is 6.65. The van der Waals surface area contributed by atoms with Crippen molar-refractivity contribution < 1.29 is 14.5 Å². The van der Waals surface area contributed by atoms with Gasteiger partial charge in [0.25, 0.3) is 0 Å². The van der Waals surface area contributed by atoms with E-state index in [2.05, 4.69) is 10.3 Å². The van der Waals surface area contributed by atoms with Crippen molar-refractivity contribution in [3.63, 3.8) is 0 Å². The van der Waals surface area contributed by atoms with Gasteiger partial charge in [-0.05, 0) is 35.8 Å². The van der Waals surface area contributed by atoms with Gasteiger partial charge in [0.05, 0.1) is 11.5 Å². The predicted molar refractivity (Wildman–Crippen MR) is 94.0 cm³/mol. The van der Waals surface area contributed by atoms with Gasteiger partial charge in [0.15, 0.2) is 5.75 Å². The number of ether oxygens (including phenoxy) is 1. The van der Waals surface area contributed by atoms with Crippen LogP contribution in [0.2, 0.25) is 0 Å². The SMILES string of the molecule is CCCOc1ccc(/C=C/C(=O)NCc2cccnc2)cc1[N+](=O)[O-]. The summed E-state index contributed by atoms with van der Waals surface area (Å²) >= 11 is 0. The summed E-state index contributed by atoms with van der Waals surface area (Å²) < 4.78 is 5.36. The normalized spacial score (nSPS) is 10.6. The topological polar surface area (TPSA) is 94.4 Å². The number of nitro groups is 1. The van der Waals surface area contributed by atoms with Crippen molar-refractivity contribution in [2.45, 2.75) is 19.9 Å². The van der Waals surface area contributed by atoms with Crippen molar-refractivity contribution in [3.8, 4) is 5.75 Å². The van der Waals surface area contributed by atoms with Gasteiger partial charge in [-0.15, -0.1) is 0 Å². The minimum atomic E-state index is -0.495. The van der Waals surface area contributed by atoms with Crippen molar-refractivity contribution in [2.24, 2.45) is 0 Å². The molecule has 0 spiro atoms. The fraction of sp³-hybridized carbons (Fsp3) is 0.222. The molecule has 0 radical (unpaired) electrons. The van der Waals surface area contributed by atoms with Crippen LogP contribution < -0.4 is 10.1 Å². The molecule has 1 N–H and O–H groups in total. The summed E-state index contributed by atoms with van der Waals surface area (Å²) in [4.78, 5) is 26.5. The fourth-order valence-electron chi connectivity index (χ4n) is 2.04. The number of aromatic nitrogens is 1. The number of pyridine rings is 1. The molecule has 2 aromatic rings. The lowest BCUT2D eigenvalue weighted by atomic mass is 10.1. The molecule has 0 aliphatic carbocycles. The van der Waals surface area contributed by atoms with E-state index in [1.54, 1.807) is 30.6 Å². The van der Waals surface area contributed by atoms with Crippen LogP contribution in [0.25, 0.3) is 6.08 Å².